The van der Waals surface area contributed by atoms with E-state index in [-0.39, 0.29) is 19.1 Å². The summed E-state index contributed by atoms with van der Waals surface area (Å²) in [6.45, 7) is 4.13. The summed E-state index contributed by atoms with van der Waals surface area (Å²) >= 11 is 6.22. The first-order chi connectivity index (χ1) is 8.91. The first-order valence-electron chi connectivity index (χ1n) is 6.01. The Morgan fingerprint density at radius 1 is 1.53 bits per heavy atom. The van der Waals surface area contributed by atoms with Gasteiger partial charge in [-0.2, -0.15) is 0 Å². The zero-order chi connectivity index (χ0) is 14.2. The van der Waals surface area contributed by atoms with Crippen molar-refractivity contribution in [1.82, 2.24) is 0 Å². The monoisotopic (exact) mass is 285 g/mol. The van der Waals surface area contributed by atoms with Crippen LogP contribution in [0.15, 0.2) is 6.07 Å². The van der Waals surface area contributed by atoms with Crippen LogP contribution >= 0.6 is 11.6 Å². The van der Waals surface area contributed by atoms with Crippen LogP contribution < -0.4 is 15.2 Å². The van der Waals surface area contributed by atoms with E-state index in [0.29, 0.717) is 16.5 Å². The second kappa shape index (κ2) is 5.27. The van der Waals surface area contributed by atoms with Gasteiger partial charge in [0.25, 0.3) is 0 Å². The highest BCUT2D eigenvalue weighted by Crippen LogP contribution is 2.44. The lowest BCUT2D eigenvalue weighted by atomic mass is 9.92. The highest BCUT2D eigenvalue weighted by atomic mass is 35.5. The molecule has 1 unspecified atom stereocenters. The molecule has 0 bridgehead atoms. The molecule has 0 fully saturated rings. The molecule has 19 heavy (non-hydrogen) atoms. The normalized spacial score (nSPS) is 14.8. The minimum atomic E-state index is -1.05. The number of carboxylic acids is 1. The molecule has 1 heterocycles. The van der Waals surface area contributed by atoms with E-state index < -0.39 is 12.0 Å². The third-order valence-electron chi connectivity index (χ3n) is 3.08. The van der Waals surface area contributed by atoms with Crippen molar-refractivity contribution in [2.75, 3.05) is 6.79 Å². The Morgan fingerprint density at radius 2 is 2.21 bits per heavy atom. The van der Waals surface area contributed by atoms with Crippen LogP contribution in [0.5, 0.6) is 11.5 Å². The van der Waals surface area contributed by atoms with Crippen LogP contribution in [0.3, 0.4) is 0 Å². The molecule has 1 aromatic rings. The van der Waals surface area contributed by atoms with Gasteiger partial charge in [0.1, 0.15) is 6.04 Å². The Hall–Kier alpha value is -1.46. The van der Waals surface area contributed by atoms with Gasteiger partial charge in [-0.3, -0.25) is 4.79 Å². The van der Waals surface area contributed by atoms with Crippen molar-refractivity contribution in [3.63, 3.8) is 0 Å². The number of aliphatic carboxylic acids is 1. The molecule has 2 rings (SSSR count). The van der Waals surface area contributed by atoms with E-state index in [9.17, 15) is 4.79 Å². The Balaban J connectivity index is 2.50. The average Bonchev–Trinajstić information content (AvgIpc) is 2.76. The van der Waals surface area contributed by atoms with Crippen LogP contribution in [0.25, 0.3) is 0 Å². The first kappa shape index (κ1) is 14.0. The molecule has 1 aliphatic heterocycles. The van der Waals surface area contributed by atoms with E-state index in [1.165, 1.54) is 0 Å². The lowest BCUT2D eigenvalue weighted by Crippen LogP contribution is -2.32. The molecule has 0 saturated heterocycles. The van der Waals surface area contributed by atoms with E-state index >= 15 is 0 Å². The molecule has 104 valence electrons. The van der Waals surface area contributed by atoms with Crippen LogP contribution in [0.1, 0.15) is 30.9 Å². The van der Waals surface area contributed by atoms with Crippen LogP contribution in [-0.2, 0) is 11.2 Å². The van der Waals surface area contributed by atoms with Gasteiger partial charge >= 0.3 is 5.97 Å². The highest BCUT2D eigenvalue weighted by molar-refractivity contribution is 6.31. The number of carbonyl (C=O) groups is 1. The topological polar surface area (TPSA) is 81.8 Å². The molecule has 1 aliphatic rings. The van der Waals surface area contributed by atoms with Gasteiger partial charge in [-0.15, -0.1) is 0 Å². The van der Waals surface area contributed by atoms with Gasteiger partial charge in [0.2, 0.25) is 6.79 Å². The van der Waals surface area contributed by atoms with Gasteiger partial charge in [0.15, 0.2) is 11.5 Å². The number of hydrogen-bond donors (Lipinski definition) is 2. The SMILES string of the molecule is CC(C)c1c(CC(N)C(=O)O)c(Cl)cc2c1OCO2. The fraction of sp³-hybridized carbons (Fsp3) is 0.462. The van der Waals surface area contributed by atoms with Crippen LogP contribution in [-0.4, -0.2) is 23.9 Å². The van der Waals surface area contributed by atoms with Crippen LogP contribution in [0.2, 0.25) is 5.02 Å². The summed E-state index contributed by atoms with van der Waals surface area (Å²) < 4.78 is 10.8. The number of hydrogen-bond acceptors (Lipinski definition) is 4. The van der Waals surface area contributed by atoms with Crippen molar-refractivity contribution < 1.29 is 19.4 Å². The van der Waals surface area contributed by atoms with Crippen molar-refractivity contribution in [2.24, 2.45) is 5.73 Å². The molecule has 0 aromatic heterocycles. The van der Waals surface area contributed by atoms with E-state index in [2.05, 4.69) is 0 Å². The fourth-order valence-corrected chi connectivity index (χ4v) is 2.48. The maximum Gasteiger partial charge on any atom is 0.320 e. The number of carboxylic acid groups (broad SMARTS) is 1. The molecule has 0 spiro atoms. The minimum Gasteiger partial charge on any atom is -0.480 e. The average molecular weight is 286 g/mol. The summed E-state index contributed by atoms with van der Waals surface area (Å²) in [7, 11) is 0. The third-order valence-corrected chi connectivity index (χ3v) is 3.41. The van der Waals surface area contributed by atoms with Crippen molar-refractivity contribution in [3.05, 3.63) is 22.2 Å². The van der Waals surface area contributed by atoms with Gasteiger partial charge in [0.05, 0.1) is 0 Å². The largest absolute Gasteiger partial charge is 0.480 e. The molecule has 0 radical (unpaired) electrons. The van der Waals surface area contributed by atoms with Gasteiger partial charge in [-0.1, -0.05) is 25.4 Å². The lowest BCUT2D eigenvalue weighted by molar-refractivity contribution is -0.138. The molecular weight excluding hydrogens is 270 g/mol. The molecule has 5 nitrogen and oxygen atoms in total. The lowest BCUT2D eigenvalue weighted by Gasteiger charge is -2.18. The summed E-state index contributed by atoms with van der Waals surface area (Å²) in [5.74, 6) is 0.321. The smallest absolute Gasteiger partial charge is 0.320 e. The Morgan fingerprint density at radius 3 is 2.79 bits per heavy atom. The molecule has 1 atom stereocenters. The summed E-state index contributed by atoms with van der Waals surface area (Å²) in [5.41, 5.74) is 7.19. The summed E-state index contributed by atoms with van der Waals surface area (Å²) in [5, 5.41) is 9.40. The van der Waals surface area contributed by atoms with Crippen molar-refractivity contribution in [2.45, 2.75) is 32.2 Å². The first-order valence-corrected chi connectivity index (χ1v) is 6.38. The van der Waals surface area contributed by atoms with Crippen LogP contribution in [0.4, 0.5) is 0 Å². The standard InChI is InChI=1S/C13H16ClNO4/c1-6(2)11-7(3-9(15)13(16)17)8(14)4-10-12(11)19-5-18-10/h4,6,9H,3,5,15H2,1-2H3,(H,16,17). The maximum atomic E-state index is 10.9. The molecule has 6 heteroatoms. The zero-order valence-electron chi connectivity index (χ0n) is 10.8. The Labute approximate surface area is 116 Å². The van der Waals surface area contributed by atoms with Crippen molar-refractivity contribution in [1.29, 1.82) is 0 Å². The van der Waals surface area contributed by atoms with Crippen LogP contribution in [0, 0.1) is 0 Å². The molecule has 0 aliphatic carbocycles. The van der Waals surface area contributed by atoms with Gasteiger partial charge in [0, 0.05) is 23.1 Å². The zero-order valence-corrected chi connectivity index (χ0v) is 11.5. The molecule has 1 aromatic carbocycles. The highest BCUT2D eigenvalue weighted by Gasteiger charge is 2.27. The van der Waals surface area contributed by atoms with Gasteiger partial charge in [-0.25, -0.2) is 0 Å². The Kier molecular flexibility index (Phi) is 3.87. The summed E-state index contributed by atoms with van der Waals surface area (Å²) in [6.07, 6.45) is 0.165. The number of benzene rings is 1. The van der Waals surface area contributed by atoms with Gasteiger partial charge in [-0.05, 0) is 11.5 Å². The fourth-order valence-electron chi connectivity index (χ4n) is 2.20. The third kappa shape index (κ3) is 2.62. The van der Waals surface area contributed by atoms with Gasteiger partial charge < -0.3 is 20.3 Å². The van der Waals surface area contributed by atoms with Crippen molar-refractivity contribution in [3.8, 4) is 11.5 Å². The number of nitrogens with two attached hydrogens (primary N) is 1. The van der Waals surface area contributed by atoms with E-state index in [0.717, 1.165) is 11.1 Å². The van der Waals surface area contributed by atoms with E-state index in [1.807, 2.05) is 13.8 Å². The molecule has 0 saturated carbocycles. The summed E-state index contributed by atoms with van der Waals surface area (Å²) in [6, 6.07) is 0.662. The van der Waals surface area contributed by atoms with E-state index in [4.69, 9.17) is 31.9 Å². The van der Waals surface area contributed by atoms with E-state index in [1.54, 1.807) is 6.07 Å². The second-order valence-electron chi connectivity index (χ2n) is 4.79. The second-order valence-corrected chi connectivity index (χ2v) is 5.20. The minimum absolute atomic E-state index is 0.130. The quantitative estimate of drug-likeness (QED) is 0.886. The predicted octanol–water partition coefficient (Wildman–Crippen LogP) is 2.15. The number of halogens is 1. The molecule has 0 amide bonds. The number of fused-ring (bicyclic) bond motifs is 1. The molecule has 3 N–H and O–H groups in total. The number of rotatable bonds is 4. The van der Waals surface area contributed by atoms with Crippen molar-refractivity contribution >= 4 is 17.6 Å². The Bertz CT molecular complexity index is 516. The number of ether oxygens (including phenoxy) is 2. The molecular formula is C13H16ClNO4. The maximum absolute atomic E-state index is 10.9. The predicted molar refractivity (Wildman–Crippen MR) is 71.0 cm³/mol. The summed E-state index contributed by atoms with van der Waals surface area (Å²) in [4.78, 5) is 10.9.